The van der Waals surface area contributed by atoms with Crippen LogP contribution >= 0.6 is 0 Å². The Balaban J connectivity index is 1.95. The van der Waals surface area contributed by atoms with E-state index < -0.39 is 0 Å². The average molecular weight is 247 g/mol. The van der Waals surface area contributed by atoms with Gasteiger partial charge in [0.25, 0.3) is 0 Å². The van der Waals surface area contributed by atoms with Gasteiger partial charge in [-0.05, 0) is 24.3 Å². The molecule has 0 fully saturated rings. The average Bonchev–Trinajstić information content (AvgIpc) is 2.48. The Labute approximate surface area is 111 Å². The second-order valence-electron chi connectivity index (χ2n) is 4.30. The fraction of sp³-hybridized carbons (Fsp3) is 0. The second kappa shape index (κ2) is 4.90. The molecular formula is C16H13N3. The van der Waals surface area contributed by atoms with Gasteiger partial charge in [-0.15, -0.1) is 0 Å². The van der Waals surface area contributed by atoms with Crippen molar-refractivity contribution in [2.75, 3.05) is 5.73 Å². The molecule has 1 aromatic carbocycles. The number of nitrogens with zero attached hydrogens (tertiary/aromatic N) is 2. The first-order valence-corrected chi connectivity index (χ1v) is 6.05. The van der Waals surface area contributed by atoms with Crippen LogP contribution in [0.25, 0.3) is 22.4 Å². The molecule has 3 nitrogen and oxygen atoms in total. The molecule has 2 N–H and O–H groups in total. The highest BCUT2D eigenvalue weighted by Crippen LogP contribution is 2.22. The van der Waals surface area contributed by atoms with Crippen LogP contribution in [0, 0.1) is 0 Å². The van der Waals surface area contributed by atoms with Crippen molar-refractivity contribution < 1.29 is 0 Å². The standard InChI is InChI=1S/C16H13N3/c17-15-5-1-3-12(9-15)16-7-6-14(11-19-16)13-4-2-8-18-10-13/h1-11H,17H2. The molecule has 3 heteroatoms. The molecule has 0 radical (unpaired) electrons. The lowest BCUT2D eigenvalue weighted by Crippen LogP contribution is -1.88. The van der Waals surface area contributed by atoms with Gasteiger partial charge >= 0.3 is 0 Å². The first-order valence-electron chi connectivity index (χ1n) is 6.05. The Hall–Kier alpha value is -2.68. The summed E-state index contributed by atoms with van der Waals surface area (Å²) in [5, 5.41) is 0. The number of anilines is 1. The predicted octanol–water partition coefficient (Wildman–Crippen LogP) is 3.39. The number of pyridine rings is 2. The van der Waals surface area contributed by atoms with E-state index in [1.54, 1.807) is 6.20 Å². The molecule has 0 unspecified atom stereocenters. The maximum absolute atomic E-state index is 5.78. The van der Waals surface area contributed by atoms with Crippen LogP contribution < -0.4 is 5.73 Å². The lowest BCUT2D eigenvalue weighted by molar-refractivity contribution is 1.30. The van der Waals surface area contributed by atoms with Crippen molar-refractivity contribution in [2.24, 2.45) is 0 Å². The van der Waals surface area contributed by atoms with E-state index in [-0.39, 0.29) is 0 Å². The van der Waals surface area contributed by atoms with Crippen molar-refractivity contribution in [1.82, 2.24) is 9.97 Å². The highest BCUT2D eigenvalue weighted by atomic mass is 14.7. The fourth-order valence-corrected chi connectivity index (χ4v) is 1.97. The van der Waals surface area contributed by atoms with Gasteiger partial charge in [0.1, 0.15) is 0 Å². The van der Waals surface area contributed by atoms with Gasteiger partial charge in [-0.3, -0.25) is 9.97 Å². The Bertz CT molecular complexity index is 676. The molecular weight excluding hydrogens is 234 g/mol. The van der Waals surface area contributed by atoms with E-state index in [1.165, 1.54) is 0 Å². The van der Waals surface area contributed by atoms with Gasteiger partial charge in [-0.1, -0.05) is 24.3 Å². The summed E-state index contributed by atoms with van der Waals surface area (Å²) in [6, 6.07) is 15.7. The van der Waals surface area contributed by atoms with E-state index in [0.717, 1.165) is 28.1 Å². The highest BCUT2D eigenvalue weighted by Gasteiger charge is 2.01. The molecule has 2 aromatic heterocycles. The van der Waals surface area contributed by atoms with Crippen LogP contribution in [0.2, 0.25) is 0 Å². The third-order valence-electron chi connectivity index (χ3n) is 2.94. The first-order chi connectivity index (χ1) is 9.33. The number of hydrogen-bond acceptors (Lipinski definition) is 3. The van der Waals surface area contributed by atoms with Crippen molar-refractivity contribution >= 4 is 5.69 Å². The summed E-state index contributed by atoms with van der Waals surface area (Å²) in [5.74, 6) is 0. The van der Waals surface area contributed by atoms with Gasteiger partial charge in [0.15, 0.2) is 0 Å². The maximum Gasteiger partial charge on any atom is 0.0703 e. The van der Waals surface area contributed by atoms with Gasteiger partial charge in [-0.25, -0.2) is 0 Å². The molecule has 0 aliphatic rings. The molecule has 0 aliphatic heterocycles. The van der Waals surface area contributed by atoms with Crippen LogP contribution in [0.4, 0.5) is 5.69 Å². The minimum atomic E-state index is 0.746. The SMILES string of the molecule is Nc1cccc(-c2ccc(-c3cccnc3)cn2)c1. The van der Waals surface area contributed by atoms with Gasteiger partial charge < -0.3 is 5.73 Å². The molecule has 0 atom stereocenters. The second-order valence-corrected chi connectivity index (χ2v) is 4.30. The van der Waals surface area contributed by atoms with Crippen LogP contribution in [-0.4, -0.2) is 9.97 Å². The van der Waals surface area contributed by atoms with Crippen LogP contribution in [-0.2, 0) is 0 Å². The van der Waals surface area contributed by atoms with Gasteiger partial charge in [0.2, 0.25) is 0 Å². The number of hydrogen-bond donors (Lipinski definition) is 1. The molecule has 0 saturated carbocycles. The maximum atomic E-state index is 5.78. The molecule has 3 rings (SSSR count). The van der Waals surface area contributed by atoms with Crippen molar-refractivity contribution in [3.8, 4) is 22.4 Å². The normalized spacial score (nSPS) is 10.3. The summed E-state index contributed by atoms with van der Waals surface area (Å²) >= 11 is 0. The summed E-state index contributed by atoms with van der Waals surface area (Å²) in [6.07, 6.45) is 5.45. The van der Waals surface area contributed by atoms with E-state index in [2.05, 4.69) is 9.97 Å². The van der Waals surface area contributed by atoms with E-state index in [4.69, 9.17) is 5.73 Å². The zero-order valence-electron chi connectivity index (χ0n) is 10.3. The number of rotatable bonds is 2. The third kappa shape index (κ3) is 2.45. The molecule has 19 heavy (non-hydrogen) atoms. The summed E-state index contributed by atoms with van der Waals surface area (Å²) in [6.45, 7) is 0. The predicted molar refractivity (Wildman–Crippen MR) is 77.3 cm³/mol. The quantitative estimate of drug-likeness (QED) is 0.706. The zero-order chi connectivity index (χ0) is 13.1. The number of nitrogens with two attached hydrogens (primary N) is 1. The van der Waals surface area contributed by atoms with Crippen LogP contribution in [0.15, 0.2) is 67.1 Å². The molecule has 0 saturated heterocycles. The van der Waals surface area contributed by atoms with Crippen LogP contribution in [0.5, 0.6) is 0 Å². The minimum absolute atomic E-state index is 0.746. The lowest BCUT2D eigenvalue weighted by Gasteiger charge is -2.04. The van der Waals surface area contributed by atoms with E-state index in [0.29, 0.717) is 0 Å². The van der Waals surface area contributed by atoms with Crippen molar-refractivity contribution in [2.45, 2.75) is 0 Å². The van der Waals surface area contributed by atoms with E-state index in [1.807, 2.05) is 60.9 Å². The van der Waals surface area contributed by atoms with Gasteiger partial charge in [0.05, 0.1) is 5.69 Å². The fourth-order valence-electron chi connectivity index (χ4n) is 1.97. The molecule has 0 aliphatic carbocycles. The van der Waals surface area contributed by atoms with Crippen molar-refractivity contribution in [3.05, 3.63) is 67.1 Å². The molecule has 0 bridgehead atoms. The van der Waals surface area contributed by atoms with Crippen LogP contribution in [0.1, 0.15) is 0 Å². The Morgan fingerprint density at radius 1 is 0.789 bits per heavy atom. The number of benzene rings is 1. The first kappa shape index (κ1) is 11.4. The Morgan fingerprint density at radius 3 is 2.32 bits per heavy atom. The summed E-state index contributed by atoms with van der Waals surface area (Å²) < 4.78 is 0. The topological polar surface area (TPSA) is 51.8 Å². The molecule has 2 heterocycles. The monoisotopic (exact) mass is 247 g/mol. The van der Waals surface area contributed by atoms with E-state index in [9.17, 15) is 0 Å². The minimum Gasteiger partial charge on any atom is -0.399 e. The Morgan fingerprint density at radius 2 is 1.63 bits per heavy atom. The Kier molecular flexibility index (Phi) is 2.94. The largest absolute Gasteiger partial charge is 0.399 e. The third-order valence-corrected chi connectivity index (χ3v) is 2.94. The summed E-state index contributed by atoms with van der Waals surface area (Å²) in [5.41, 5.74) is 10.6. The molecule has 0 spiro atoms. The number of aromatic nitrogens is 2. The number of nitrogen functional groups attached to an aromatic ring is 1. The lowest BCUT2D eigenvalue weighted by atomic mass is 10.1. The van der Waals surface area contributed by atoms with Crippen LogP contribution in [0.3, 0.4) is 0 Å². The van der Waals surface area contributed by atoms with Crippen molar-refractivity contribution in [3.63, 3.8) is 0 Å². The highest BCUT2D eigenvalue weighted by molar-refractivity contribution is 5.68. The van der Waals surface area contributed by atoms with Gasteiger partial charge in [0, 0.05) is 41.0 Å². The summed E-state index contributed by atoms with van der Waals surface area (Å²) in [4.78, 5) is 8.59. The smallest absolute Gasteiger partial charge is 0.0703 e. The zero-order valence-corrected chi connectivity index (χ0v) is 10.3. The van der Waals surface area contributed by atoms with E-state index >= 15 is 0 Å². The molecule has 0 amide bonds. The van der Waals surface area contributed by atoms with Gasteiger partial charge in [-0.2, -0.15) is 0 Å². The molecule has 3 aromatic rings. The summed E-state index contributed by atoms with van der Waals surface area (Å²) in [7, 11) is 0. The molecule has 92 valence electrons. The van der Waals surface area contributed by atoms with Crippen molar-refractivity contribution in [1.29, 1.82) is 0 Å².